The summed E-state index contributed by atoms with van der Waals surface area (Å²) in [7, 11) is -3.64. The molecule has 1 aliphatic heterocycles. The third kappa shape index (κ3) is 4.18. The van der Waals surface area contributed by atoms with Gasteiger partial charge in [0.25, 0.3) is 0 Å². The van der Waals surface area contributed by atoms with Crippen LogP contribution in [-0.2, 0) is 33.9 Å². The van der Waals surface area contributed by atoms with Crippen LogP contribution in [-0.4, -0.2) is 34.3 Å². The fourth-order valence-electron chi connectivity index (χ4n) is 4.34. The topological polar surface area (TPSA) is 145 Å². The Bertz CT molecular complexity index is 1110. The number of hydrogen-bond acceptors (Lipinski definition) is 6. The molecule has 2 aliphatic carbocycles. The van der Waals surface area contributed by atoms with E-state index < -0.39 is 15.9 Å². The van der Waals surface area contributed by atoms with Gasteiger partial charge in [-0.05, 0) is 49.1 Å². The highest BCUT2D eigenvalue weighted by atomic mass is 32.2. The van der Waals surface area contributed by atoms with Crippen molar-refractivity contribution in [1.29, 1.82) is 0 Å². The van der Waals surface area contributed by atoms with Gasteiger partial charge < -0.3 is 15.8 Å². The number of hydrogen-bond donors (Lipinski definition) is 3. The number of ether oxygens (including phenoxy) is 1. The molecule has 0 bridgehead atoms. The van der Waals surface area contributed by atoms with Crippen LogP contribution in [0.5, 0.6) is 0 Å². The zero-order chi connectivity index (χ0) is 22.4. The van der Waals surface area contributed by atoms with Gasteiger partial charge in [0.1, 0.15) is 4.91 Å². The highest BCUT2D eigenvalue weighted by Crippen LogP contribution is 2.41. The van der Waals surface area contributed by atoms with Crippen molar-refractivity contribution in [3.8, 4) is 0 Å². The number of nitrogens with zero attached hydrogens (tertiary/aromatic N) is 3. The summed E-state index contributed by atoms with van der Waals surface area (Å²) >= 11 is 0. The van der Waals surface area contributed by atoms with Crippen LogP contribution in [0.2, 0.25) is 0 Å². The Morgan fingerprint density at radius 1 is 1.32 bits per heavy atom. The number of nitrogens with two attached hydrogens (primary N) is 2. The second-order valence-corrected chi connectivity index (χ2v) is 11.0. The molecule has 2 atom stereocenters. The van der Waals surface area contributed by atoms with Crippen LogP contribution in [0.1, 0.15) is 62.0 Å². The zero-order valence-electron chi connectivity index (χ0n) is 18.2. The fourth-order valence-corrected chi connectivity index (χ4v) is 5.30. The number of fused-ring (bicyclic) bond motifs is 2. The first-order valence-corrected chi connectivity index (χ1v) is 12.2. The average Bonchev–Trinajstić information content (AvgIpc) is 3.30. The van der Waals surface area contributed by atoms with Gasteiger partial charge in [0, 0.05) is 23.0 Å². The van der Waals surface area contributed by atoms with Gasteiger partial charge in [-0.15, -0.1) is 4.36 Å². The first-order chi connectivity index (χ1) is 14.6. The molecule has 2 unspecified atom stereocenters. The Morgan fingerprint density at radius 3 is 2.77 bits per heavy atom. The lowest BCUT2D eigenvalue weighted by atomic mass is 9.94. The summed E-state index contributed by atoms with van der Waals surface area (Å²) < 4.78 is 22.5. The number of amides is 2. The number of anilines is 1. The van der Waals surface area contributed by atoms with Gasteiger partial charge in [-0.1, -0.05) is 20.8 Å². The molecule has 1 aromatic heterocycles. The fraction of sp³-hybridized carbons (Fsp3) is 0.571. The molecule has 2 heterocycles. The normalized spacial score (nSPS) is 23.8. The maximum absolute atomic E-state index is 13.1. The van der Waals surface area contributed by atoms with Gasteiger partial charge in [0.05, 0.1) is 18.8 Å². The summed E-state index contributed by atoms with van der Waals surface area (Å²) in [6, 6.07) is -0.773. The number of aliphatic imine (C=N–C) groups is 1. The van der Waals surface area contributed by atoms with E-state index in [0.29, 0.717) is 19.1 Å². The summed E-state index contributed by atoms with van der Waals surface area (Å²) in [6.07, 6.45) is 5.65. The second-order valence-electron chi connectivity index (χ2n) is 9.26. The van der Waals surface area contributed by atoms with Crippen molar-refractivity contribution in [2.75, 3.05) is 18.5 Å². The van der Waals surface area contributed by atoms with Crippen LogP contribution in [0.4, 0.5) is 10.5 Å². The molecule has 0 saturated carbocycles. The van der Waals surface area contributed by atoms with Crippen molar-refractivity contribution in [2.45, 2.75) is 58.8 Å². The number of carbonyl (C=O) groups is 1. The Labute approximate surface area is 183 Å². The van der Waals surface area contributed by atoms with Crippen LogP contribution in [0, 0.1) is 5.41 Å². The largest absolute Gasteiger partial charge is 0.476 e. The van der Waals surface area contributed by atoms with E-state index in [0.717, 1.165) is 66.5 Å². The minimum absolute atomic E-state index is 0.0723. The van der Waals surface area contributed by atoms with E-state index in [4.69, 9.17) is 20.6 Å². The highest BCUT2D eigenvalue weighted by Gasteiger charge is 2.31. The summed E-state index contributed by atoms with van der Waals surface area (Å²) in [5, 5.41) is 8.81. The monoisotopic (exact) mass is 446 g/mol. The molecule has 168 valence electrons. The van der Waals surface area contributed by atoms with Crippen LogP contribution in [0.15, 0.2) is 20.5 Å². The van der Waals surface area contributed by atoms with Crippen LogP contribution in [0.3, 0.4) is 0 Å². The van der Waals surface area contributed by atoms with E-state index >= 15 is 0 Å². The quantitative estimate of drug-likeness (QED) is 0.653. The van der Waals surface area contributed by atoms with Crippen molar-refractivity contribution in [3.05, 3.63) is 33.6 Å². The minimum atomic E-state index is -3.64. The highest BCUT2D eigenvalue weighted by molar-refractivity contribution is 7.96. The molecule has 10 heteroatoms. The molecule has 3 aliphatic rings. The zero-order valence-corrected chi connectivity index (χ0v) is 19.1. The number of rotatable bonds is 3. The molecule has 0 fully saturated rings. The van der Waals surface area contributed by atoms with Crippen molar-refractivity contribution in [1.82, 2.24) is 4.98 Å². The van der Waals surface area contributed by atoms with Crippen molar-refractivity contribution >= 4 is 27.5 Å². The first-order valence-electron chi connectivity index (χ1n) is 10.6. The van der Waals surface area contributed by atoms with Gasteiger partial charge in [0.15, 0.2) is 9.92 Å². The molecule has 0 spiro atoms. The maximum atomic E-state index is 13.1. The van der Waals surface area contributed by atoms with E-state index in [1.54, 1.807) is 0 Å². The number of nitrogens with one attached hydrogen (secondary N) is 1. The minimum Gasteiger partial charge on any atom is -0.476 e. The molecule has 0 saturated heterocycles. The predicted octanol–water partition coefficient (Wildman–Crippen LogP) is 2.75. The lowest BCUT2D eigenvalue weighted by Gasteiger charge is -2.28. The maximum Gasteiger partial charge on any atom is 0.354 e. The number of urea groups is 1. The standard InChI is InChI=1S/C21H30N6O3S/c1-12-7-8-14-17(12)25-15-6-4-5-13(15)18(14)26-20(28)27-31(23,29)16(9-22)19-24-10-21(2,3)11-30-19/h9,12H,4-8,10-11,22H2,1-3H3,(H3,23,25,26,27,28,29)/b16-9+. The van der Waals surface area contributed by atoms with Crippen molar-refractivity contribution in [2.24, 2.45) is 25.6 Å². The Hall–Kier alpha value is -2.46. The van der Waals surface area contributed by atoms with Crippen LogP contribution < -0.4 is 16.2 Å². The van der Waals surface area contributed by atoms with E-state index in [2.05, 4.69) is 21.6 Å². The lowest BCUT2D eigenvalue weighted by Crippen LogP contribution is -2.34. The van der Waals surface area contributed by atoms with Crippen LogP contribution >= 0.6 is 0 Å². The van der Waals surface area contributed by atoms with Crippen molar-refractivity contribution < 1.29 is 13.7 Å². The Kier molecular flexibility index (Phi) is 5.55. The second kappa shape index (κ2) is 7.90. The molecule has 9 nitrogen and oxygen atoms in total. The number of carbonyl (C=O) groups excluding carboxylic acids is 1. The number of pyridine rings is 1. The molecule has 5 N–H and O–H groups in total. The van der Waals surface area contributed by atoms with Crippen LogP contribution in [0.25, 0.3) is 0 Å². The van der Waals surface area contributed by atoms with Gasteiger partial charge in [-0.3, -0.25) is 4.98 Å². The Morgan fingerprint density at radius 2 is 2.10 bits per heavy atom. The summed E-state index contributed by atoms with van der Waals surface area (Å²) in [5.41, 5.74) is 10.5. The molecule has 4 rings (SSSR count). The van der Waals surface area contributed by atoms with Gasteiger partial charge >= 0.3 is 6.03 Å². The first kappa shape index (κ1) is 21.8. The summed E-state index contributed by atoms with van der Waals surface area (Å²) in [5.74, 6) is 0.426. The number of aryl methyl sites for hydroxylation is 1. The molecular formula is C21H30N6O3S. The summed E-state index contributed by atoms with van der Waals surface area (Å²) in [4.78, 5) is 21.9. The van der Waals surface area contributed by atoms with E-state index in [9.17, 15) is 9.00 Å². The molecule has 31 heavy (non-hydrogen) atoms. The molecular weight excluding hydrogens is 416 g/mol. The lowest BCUT2D eigenvalue weighted by molar-refractivity contribution is 0.158. The van der Waals surface area contributed by atoms with E-state index in [1.807, 2.05) is 13.8 Å². The molecule has 0 radical (unpaired) electrons. The smallest absolute Gasteiger partial charge is 0.354 e. The third-order valence-corrected chi connectivity index (χ3v) is 7.41. The van der Waals surface area contributed by atoms with Gasteiger partial charge in [0.2, 0.25) is 5.90 Å². The SMILES string of the molecule is CC1CCc2c1nc1c(c2NC(=O)N=S(N)(=O)/C(=C/N)C2=NCC(C)(C)CO2)CCC1. The van der Waals surface area contributed by atoms with E-state index in [1.165, 1.54) is 0 Å². The van der Waals surface area contributed by atoms with Gasteiger partial charge in [-0.2, -0.15) is 0 Å². The molecule has 2 amide bonds. The average molecular weight is 447 g/mol. The summed E-state index contributed by atoms with van der Waals surface area (Å²) in [6.45, 7) is 6.99. The van der Waals surface area contributed by atoms with Crippen molar-refractivity contribution in [3.63, 3.8) is 0 Å². The van der Waals surface area contributed by atoms with Gasteiger partial charge in [-0.25, -0.2) is 19.1 Å². The Balaban J connectivity index is 1.63. The predicted molar refractivity (Wildman–Crippen MR) is 121 cm³/mol. The number of aromatic nitrogens is 1. The molecule has 0 aromatic carbocycles. The molecule has 1 aromatic rings. The van der Waals surface area contributed by atoms with E-state index in [-0.39, 0.29) is 16.2 Å². The third-order valence-electron chi connectivity index (χ3n) is 6.03.